The van der Waals surface area contributed by atoms with Crippen molar-refractivity contribution in [1.29, 1.82) is 0 Å². The first-order valence-corrected chi connectivity index (χ1v) is 9.98. The minimum absolute atomic E-state index is 0.0280. The highest BCUT2D eigenvalue weighted by Crippen LogP contribution is 2.33. The lowest BCUT2D eigenvalue weighted by Crippen LogP contribution is -2.30. The summed E-state index contributed by atoms with van der Waals surface area (Å²) < 4.78 is 32.4. The number of halogens is 1. The Bertz CT molecular complexity index is 822. The van der Waals surface area contributed by atoms with Crippen LogP contribution in [0.5, 0.6) is 0 Å². The molecule has 1 aromatic heterocycles. The lowest BCUT2D eigenvalue weighted by atomic mass is 9.96. The quantitative estimate of drug-likeness (QED) is 0.822. The molecule has 0 saturated carbocycles. The molecule has 0 amide bonds. The van der Waals surface area contributed by atoms with E-state index in [0.29, 0.717) is 41.9 Å². The first kappa shape index (κ1) is 18.3. The van der Waals surface area contributed by atoms with Crippen LogP contribution in [0.3, 0.4) is 0 Å². The highest BCUT2D eigenvalue weighted by molar-refractivity contribution is 7.88. The lowest BCUT2D eigenvalue weighted by Gasteiger charge is -2.16. The summed E-state index contributed by atoms with van der Waals surface area (Å²) in [6, 6.07) is 6.87. The molecular formula is C16H21ClN4O3S. The van der Waals surface area contributed by atoms with Crippen molar-refractivity contribution in [3.8, 4) is 0 Å². The summed E-state index contributed by atoms with van der Waals surface area (Å²) in [5.41, 5.74) is 0.713. The minimum Gasteiger partial charge on any atom is -0.384 e. The molecule has 1 fully saturated rings. The molecule has 1 aliphatic rings. The number of sulfonamides is 1. The number of aromatic nitrogens is 3. The number of hydrogen-bond acceptors (Lipinski definition) is 5. The summed E-state index contributed by atoms with van der Waals surface area (Å²) in [7, 11) is -1.83. The number of rotatable bonds is 6. The van der Waals surface area contributed by atoms with E-state index < -0.39 is 10.0 Å². The number of nitrogens with one attached hydrogen (secondary N) is 1. The van der Waals surface area contributed by atoms with E-state index in [9.17, 15) is 8.42 Å². The summed E-state index contributed by atoms with van der Waals surface area (Å²) in [6.07, 6.45) is 0. The third-order valence-electron chi connectivity index (χ3n) is 4.39. The van der Waals surface area contributed by atoms with E-state index in [1.807, 2.05) is 6.92 Å². The molecule has 0 aliphatic carbocycles. The molecule has 1 aliphatic heterocycles. The Morgan fingerprint density at radius 3 is 2.64 bits per heavy atom. The van der Waals surface area contributed by atoms with Crippen LogP contribution in [0.25, 0.3) is 0 Å². The average molecular weight is 385 g/mol. The summed E-state index contributed by atoms with van der Waals surface area (Å²) in [5, 5.41) is 7.62. The SMILES string of the molecule is COC[C@@H]1CN(S(=O)(=O)Cc2ccc(Cl)cc2)C[C@H]1c1n[nH]c(C)n1. The van der Waals surface area contributed by atoms with Crippen molar-refractivity contribution in [2.45, 2.75) is 18.6 Å². The maximum Gasteiger partial charge on any atom is 0.218 e. The molecular weight excluding hydrogens is 364 g/mol. The van der Waals surface area contributed by atoms with E-state index in [2.05, 4.69) is 15.2 Å². The van der Waals surface area contributed by atoms with Gasteiger partial charge in [-0.05, 0) is 24.6 Å². The Kier molecular flexibility index (Phi) is 5.43. The van der Waals surface area contributed by atoms with E-state index in [0.717, 1.165) is 0 Å². The summed E-state index contributed by atoms with van der Waals surface area (Å²) in [4.78, 5) is 4.38. The molecule has 2 heterocycles. The Hall–Kier alpha value is -1.48. The Labute approximate surface area is 152 Å². The number of hydrogen-bond donors (Lipinski definition) is 1. The van der Waals surface area contributed by atoms with Crippen molar-refractivity contribution in [2.75, 3.05) is 26.8 Å². The molecule has 1 aromatic carbocycles. The predicted molar refractivity (Wildman–Crippen MR) is 94.9 cm³/mol. The topological polar surface area (TPSA) is 88.2 Å². The van der Waals surface area contributed by atoms with Gasteiger partial charge in [0.2, 0.25) is 10.0 Å². The summed E-state index contributed by atoms with van der Waals surface area (Å²) >= 11 is 5.86. The van der Waals surface area contributed by atoms with Crippen LogP contribution in [-0.2, 0) is 20.5 Å². The van der Waals surface area contributed by atoms with Crippen LogP contribution in [0.15, 0.2) is 24.3 Å². The summed E-state index contributed by atoms with van der Waals surface area (Å²) in [6.45, 7) is 3.06. The molecule has 1 N–H and O–H groups in total. The molecule has 0 bridgehead atoms. The molecule has 3 rings (SSSR count). The third-order valence-corrected chi connectivity index (χ3v) is 6.43. The van der Waals surface area contributed by atoms with Gasteiger partial charge in [-0.1, -0.05) is 23.7 Å². The van der Waals surface area contributed by atoms with Crippen molar-refractivity contribution in [3.05, 3.63) is 46.5 Å². The van der Waals surface area contributed by atoms with Gasteiger partial charge in [0.25, 0.3) is 0 Å². The second-order valence-electron chi connectivity index (χ2n) is 6.30. The minimum atomic E-state index is -3.44. The summed E-state index contributed by atoms with van der Waals surface area (Å²) in [5.74, 6) is 1.26. The van der Waals surface area contributed by atoms with Gasteiger partial charge in [-0.15, -0.1) is 0 Å². The predicted octanol–water partition coefficient (Wildman–Crippen LogP) is 1.96. The number of aromatic amines is 1. The van der Waals surface area contributed by atoms with E-state index in [4.69, 9.17) is 16.3 Å². The van der Waals surface area contributed by atoms with E-state index in [1.165, 1.54) is 4.31 Å². The highest BCUT2D eigenvalue weighted by Gasteiger charge is 2.41. The zero-order valence-electron chi connectivity index (χ0n) is 14.1. The Morgan fingerprint density at radius 2 is 2.04 bits per heavy atom. The van der Waals surface area contributed by atoms with Gasteiger partial charge in [-0.3, -0.25) is 5.10 Å². The number of nitrogens with zero attached hydrogens (tertiary/aromatic N) is 3. The number of H-pyrrole nitrogens is 1. The largest absolute Gasteiger partial charge is 0.384 e. The number of benzene rings is 1. The van der Waals surface area contributed by atoms with Crippen LogP contribution in [-0.4, -0.2) is 54.7 Å². The van der Waals surface area contributed by atoms with Crippen LogP contribution >= 0.6 is 11.6 Å². The van der Waals surface area contributed by atoms with E-state index >= 15 is 0 Å². The van der Waals surface area contributed by atoms with Crippen molar-refractivity contribution in [3.63, 3.8) is 0 Å². The fourth-order valence-electron chi connectivity index (χ4n) is 3.14. The Balaban J connectivity index is 1.78. The van der Waals surface area contributed by atoms with Gasteiger partial charge in [-0.25, -0.2) is 17.7 Å². The number of aryl methyl sites for hydroxylation is 1. The van der Waals surface area contributed by atoms with Gasteiger partial charge in [-0.2, -0.15) is 5.10 Å². The zero-order valence-corrected chi connectivity index (χ0v) is 15.7. The molecule has 7 nitrogen and oxygen atoms in total. The molecule has 0 unspecified atom stereocenters. The first-order valence-electron chi connectivity index (χ1n) is 7.99. The van der Waals surface area contributed by atoms with Crippen molar-refractivity contribution < 1.29 is 13.2 Å². The van der Waals surface area contributed by atoms with Crippen LogP contribution < -0.4 is 0 Å². The number of ether oxygens (including phenoxy) is 1. The molecule has 0 spiro atoms. The first-order chi connectivity index (χ1) is 11.9. The van der Waals surface area contributed by atoms with Gasteiger partial charge in [0.05, 0.1) is 12.4 Å². The molecule has 9 heteroatoms. The van der Waals surface area contributed by atoms with Crippen LogP contribution in [0.1, 0.15) is 23.1 Å². The van der Waals surface area contributed by atoms with Crippen molar-refractivity contribution in [1.82, 2.24) is 19.5 Å². The fraction of sp³-hybridized carbons (Fsp3) is 0.500. The van der Waals surface area contributed by atoms with Crippen molar-refractivity contribution in [2.24, 2.45) is 5.92 Å². The van der Waals surface area contributed by atoms with Gasteiger partial charge < -0.3 is 4.74 Å². The number of methoxy groups -OCH3 is 1. The fourth-order valence-corrected chi connectivity index (χ4v) is 4.87. The monoisotopic (exact) mass is 384 g/mol. The molecule has 1 saturated heterocycles. The molecule has 2 atom stereocenters. The van der Waals surface area contributed by atoms with Gasteiger partial charge in [0.15, 0.2) is 5.82 Å². The van der Waals surface area contributed by atoms with Crippen LogP contribution in [0, 0.1) is 12.8 Å². The zero-order chi connectivity index (χ0) is 18.0. The third kappa shape index (κ3) is 4.20. The van der Waals surface area contributed by atoms with Crippen LogP contribution in [0.4, 0.5) is 0 Å². The van der Waals surface area contributed by atoms with E-state index in [-0.39, 0.29) is 17.6 Å². The molecule has 25 heavy (non-hydrogen) atoms. The maximum atomic E-state index is 12.8. The van der Waals surface area contributed by atoms with E-state index in [1.54, 1.807) is 31.4 Å². The second-order valence-corrected chi connectivity index (χ2v) is 8.71. The van der Waals surface area contributed by atoms with Gasteiger partial charge in [0, 0.05) is 37.1 Å². The maximum absolute atomic E-state index is 12.8. The molecule has 2 aromatic rings. The molecule has 136 valence electrons. The van der Waals surface area contributed by atoms with Crippen LogP contribution in [0.2, 0.25) is 5.02 Å². The highest BCUT2D eigenvalue weighted by atomic mass is 35.5. The normalized spacial score (nSPS) is 21.7. The standard InChI is InChI=1S/C16H21ClN4O3S/c1-11-18-16(20-19-11)15-8-21(7-13(15)9-24-2)25(22,23)10-12-3-5-14(17)6-4-12/h3-6,13,15H,7-10H2,1-2H3,(H,18,19,20)/t13-,15+/m0/s1. The average Bonchev–Trinajstić information content (AvgIpc) is 3.16. The lowest BCUT2D eigenvalue weighted by molar-refractivity contribution is 0.150. The van der Waals surface area contributed by atoms with Gasteiger partial charge in [0.1, 0.15) is 5.82 Å². The Morgan fingerprint density at radius 1 is 1.32 bits per heavy atom. The second kappa shape index (κ2) is 7.41. The smallest absolute Gasteiger partial charge is 0.218 e. The molecule has 0 radical (unpaired) electrons. The van der Waals surface area contributed by atoms with Crippen molar-refractivity contribution >= 4 is 21.6 Å². The van der Waals surface area contributed by atoms with Gasteiger partial charge >= 0.3 is 0 Å².